The zero-order valence-electron chi connectivity index (χ0n) is 46.9. The molecular weight excluding hydrogens is 985 g/mol. The van der Waals surface area contributed by atoms with Gasteiger partial charge in [-0.15, -0.1) is 0 Å². The highest BCUT2D eigenvalue weighted by Crippen LogP contribution is 2.65. The molecule has 15 aromatic rings. The minimum absolute atomic E-state index is 1.23. The third-order valence-corrected chi connectivity index (χ3v) is 18.8. The molecule has 0 radical (unpaired) electrons. The summed E-state index contributed by atoms with van der Waals surface area (Å²) in [6.45, 7) is 13.9. The molecule has 0 heteroatoms. The molecule has 0 saturated heterocycles. The fourth-order valence-electron chi connectivity index (χ4n) is 16.1. The monoisotopic (exact) mass is 1040 g/mol. The standard InChI is InChI=1S/C82H56/c1-45-39-47(3)67(48(4)40-45)63-43-65-75-59(77-69(51-23-11-7-12-24-51)55-31-19-21-33-57(55)71(81(65)77)53-27-15-9-16-28-53)36-38-62-74-64(68-49(5)41-46(2)42-50(68)6)44-66-76-60(35-37-61(80(74)76)73(63)79(62)75)78-70(52-25-13-8-14-26-52)56-32-20-22-34-58(56)72(82(66)78)54-29-17-10-18-30-54/h7-44H,1-6H3. The summed E-state index contributed by atoms with van der Waals surface area (Å²) in [7, 11) is 0. The Morgan fingerprint density at radius 2 is 0.427 bits per heavy atom. The molecule has 0 unspecified atom stereocenters. The summed E-state index contributed by atoms with van der Waals surface area (Å²) < 4.78 is 0. The van der Waals surface area contributed by atoms with E-state index in [0.717, 1.165) is 0 Å². The summed E-state index contributed by atoms with van der Waals surface area (Å²) in [5.74, 6) is 0. The predicted molar refractivity (Wildman–Crippen MR) is 353 cm³/mol. The van der Waals surface area contributed by atoms with Gasteiger partial charge >= 0.3 is 0 Å². The van der Waals surface area contributed by atoms with Gasteiger partial charge in [-0.05, 0) is 252 Å². The Balaban J connectivity index is 1.14. The smallest absolute Gasteiger partial charge is 0.000719 e. The molecule has 384 valence electrons. The van der Waals surface area contributed by atoms with Gasteiger partial charge in [-0.2, -0.15) is 0 Å². The van der Waals surface area contributed by atoms with E-state index in [0.29, 0.717) is 0 Å². The summed E-state index contributed by atoms with van der Waals surface area (Å²) in [6.07, 6.45) is 0. The molecule has 0 aliphatic heterocycles. The Labute approximate surface area is 478 Å². The number of hydrogen-bond donors (Lipinski definition) is 0. The molecule has 0 nitrogen and oxygen atoms in total. The Morgan fingerprint density at radius 1 is 0.171 bits per heavy atom. The van der Waals surface area contributed by atoms with Gasteiger partial charge in [0.25, 0.3) is 0 Å². The van der Waals surface area contributed by atoms with Crippen LogP contribution in [0.2, 0.25) is 0 Å². The maximum absolute atomic E-state index is 2.64. The Morgan fingerprint density at radius 3 is 0.720 bits per heavy atom. The van der Waals surface area contributed by atoms with Gasteiger partial charge in [0.2, 0.25) is 0 Å². The van der Waals surface area contributed by atoms with E-state index in [4.69, 9.17) is 0 Å². The highest BCUT2D eigenvalue weighted by Gasteiger charge is 2.37. The molecule has 82 heavy (non-hydrogen) atoms. The van der Waals surface area contributed by atoms with Crippen LogP contribution in [0, 0.1) is 41.5 Å². The number of fused-ring (bicyclic) bond motifs is 10. The van der Waals surface area contributed by atoms with Crippen LogP contribution in [-0.2, 0) is 0 Å². The van der Waals surface area contributed by atoms with Crippen molar-refractivity contribution in [3.63, 3.8) is 0 Å². The van der Waals surface area contributed by atoms with Crippen LogP contribution in [0.15, 0.2) is 231 Å². The molecule has 0 bridgehead atoms. The lowest BCUT2D eigenvalue weighted by atomic mass is 9.78. The van der Waals surface area contributed by atoms with Gasteiger partial charge in [0, 0.05) is 0 Å². The zero-order chi connectivity index (χ0) is 54.8. The summed E-state index contributed by atoms with van der Waals surface area (Å²) >= 11 is 0. The molecular formula is C82H56. The van der Waals surface area contributed by atoms with Gasteiger partial charge in [0.1, 0.15) is 0 Å². The molecule has 17 rings (SSSR count). The number of benzene rings is 15. The van der Waals surface area contributed by atoms with E-state index in [2.05, 4.69) is 272 Å². The number of aryl methyl sites for hydroxylation is 6. The van der Waals surface area contributed by atoms with Crippen LogP contribution in [0.4, 0.5) is 0 Å². The van der Waals surface area contributed by atoms with Crippen molar-refractivity contribution in [2.75, 3.05) is 0 Å². The SMILES string of the molecule is Cc1cc(C)c(-c2cc3c4c(ccc5c6c(-c7c(C)cc(C)cc7C)cc7c8c(ccc(c2c45)c86)-c2c-7c(-c4ccccc4)c4ccccc4c2-c2ccccc2)-c2c-3c(-c3ccccc3)c3ccccc3c2-c2ccccc2)c(C)c1. The fourth-order valence-corrected chi connectivity index (χ4v) is 16.1. The maximum atomic E-state index is 2.64. The Bertz CT molecular complexity index is 4890. The topological polar surface area (TPSA) is 0 Å². The maximum Gasteiger partial charge on any atom is -0.000719 e. The van der Waals surface area contributed by atoms with E-state index in [-0.39, 0.29) is 0 Å². The van der Waals surface area contributed by atoms with Gasteiger partial charge in [-0.1, -0.05) is 230 Å². The van der Waals surface area contributed by atoms with E-state index < -0.39 is 0 Å². The number of rotatable bonds is 6. The third-order valence-electron chi connectivity index (χ3n) is 18.8. The van der Waals surface area contributed by atoms with Crippen LogP contribution in [0.1, 0.15) is 33.4 Å². The van der Waals surface area contributed by atoms with Crippen molar-refractivity contribution in [1.82, 2.24) is 0 Å². The lowest BCUT2D eigenvalue weighted by molar-refractivity contribution is 1.32. The van der Waals surface area contributed by atoms with E-state index in [1.807, 2.05) is 0 Å². The van der Waals surface area contributed by atoms with Crippen molar-refractivity contribution >= 4 is 64.6 Å². The van der Waals surface area contributed by atoms with Crippen molar-refractivity contribution < 1.29 is 0 Å². The molecule has 2 aliphatic carbocycles. The van der Waals surface area contributed by atoms with Gasteiger partial charge in [-0.25, -0.2) is 0 Å². The quantitative estimate of drug-likeness (QED) is 0.115. The van der Waals surface area contributed by atoms with Crippen LogP contribution in [0.3, 0.4) is 0 Å². The molecule has 0 aromatic heterocycles. The second-order valence-electron chi connectivity index (χ2n) is 23.6. The van der Waals surface area contributed by atoms with Gasteiger partial charge in [0.15, 0.2) is 0 Å². The van der Waals surface area contributed by atoms with Crippen molar-refractivity contribution in [2.45, 2.75) is 41.5 Å². The molecule has 0 atom stereocenters. The van der Waals surface area contributed by atoms with Crippen molar-refractivity contribution in [3.8, 4) is 111 Å². The Kier molecular flexibility index (Phi) is 9.92. The van der Waals surface area contributed by atoms with Gasteiger partial charge in [0.05, 0.1) is 0 Å². The average molecular weight is 1040 g/mol. The average Bonchev–Trinajstić information content (AvgIpc) is 2.04. The molecule has 0 spiro atoms. The predicted octanol–water partition coefficient (Wildman–Crippen LogP) is 23.2. The molecule has 0 N–H and O–H groups in total. The molecule has 0 fully saturated rings. The normalized spacial score (nSPS) is 12.3. The first-order valence-electron chi connectivity index (χ1n) is 29.1. The first-order chi connectivity index (χ1) is 40.2. The van der Waals surface area contributed by atoms with E-state index in [1.165, 1.54) is 209 Å². The lowest BCUT2D eigenvalue weighted by Crippen LogP contribution is -1.98. The molecule has 2 aliphatic rings. The van der Waals surface area contributed by atoms with Gasteiger partial charge < -0.3 is 0 Å². The van der Waals surface area contributed by atoms with Crippen LogP contribution < -0.4 is 0 Å². The highest BCUT2D eigenvalue weighted by atomic mass is 14.4. The van der Waals surface area contributed by atoms with Crippen molar-refractivity contribution in [3.05, 3.63) is 264 Å². The first-order valence-corrected chi connectivity index (χ1v) is 29.1. The van der Waals surface area contributed by atoms with Gasteiger partial charge in [-0.3, -0.25) is 0 Å². The van der Waals surface area contributed by atoms with Crippen molar-refractivity contribution in [1.29, 1.82) is 0 Å². The summed E-state index contributed by atoms with van der Waals surface area (Å²) in [4.78, 5) is 0. The first kappa shape index (κ1) is 47.0. The van der Waals surface area contributed by atoms with E-state index in [1.54, 1.807) is 0 Å². The molecule has 0 amide bonds. The second kappa shape index (κ2) is 17.3. The molecule has 0 saturated carbocycles. The number of hydrogen-bond acceptors (Lipinski definition) is 0. The Hall–Kier alpha value is -9.88. The van der Waals surface area contributed by atoms with E-state index >= 15 is 0 Å². The third kappa shape index (κ3) is 6.33. The molecule has 0 heterocycles. The summed E-state index contributed by atoms with van der Waals surface area (Å²) in [5.41, 5.74) is 33.6. The minimum atomic E-state index is 1.23. The summed E-state index contributed by atoms with van der Waals surface area (Å²) in [6, 6.07) is 88.2. The zero-order valence-corrected chi connectivity index (χ0v) is 46.9. The van der Waals surface area contributed by atoms with Crippen LogP contribution in [-0.4, -0.2) is 0 Å². The lowest BCUT2D eigenvalue weighted by Gasteiger charge is -2.24. The van der Waals surface area contributed by atoms with Crippen LogP contribution >= 0.6 is 0 Å². The molecule has 15 aromatic carbocycles. The van der Waals surface area contributed by atoms with Crippen molar-refractivity contribution in [2.24, 2.45) is 0 Å². The van der Waals surface area contributed by atoms with E-state index in [9.17, 15) is 0 Å². The van der Waals surface area contributed by atoms with Crippen LogP contribution in [0.25, 0.3) is 176 Å². The highest BCUT2D eigenvalue weighted by molar-refractivity contribution is 6.45. The minimum Gasteiger partial charge on any atom is -0.0622 e. The summed E-state index contributed by atoms with van der Waals surface area (Å²) in [5, 5.41) is 15.7. The van der Waals surface area contributed by atoms with Crippen LogP contribution in [0.5, 0.6) is 0 Å². The second-order valence-corrected chi connectivity index (χ2v) is 23.6. The largest absolute Gasteiger partial charge is 0.0622 e. The fraction of sp³-hybridized carbons (Fsp3) is 0.0732.